The van der Waals surface area contributed by atoms with E-state index in [1.54, 1.807) is 6.07 Å². The summed E-state index contributed by atoms with van der Waals surface area (Å²) in [7, 11) is 0. The van der Waals surface area contributed by atoms with Crippen LogP contribution in [-0.4, -0.2) is 6.54 Å². The molecule has 0 radical (unpaired) electrons. The Balaban J connectivity index is 1.82. The first-order valence-corrected chi connectivity index (χ1v) is 6.33. The first-order chi connectivity index (χ1) is 8.29. The average Bonchev–Trinajstić information content (AvgIpc) is 2.82. The van der Waals surface area contributed by atoms with E-state index in [-0.39, 0.29) is 0 Å². The van der Waals surface area contributed by atoms with Crippen LogP contribution in [0.5, 0.6) is 0 Å². The Hall–Kier alpha value is -1.69. The zero-order chi connectivity index (χ0) is 12.1. The molecule has 1 aliphatic rings. The number of benzene rings is 1. The lowest BCUT2D eigenvalue weighted by atomic mass is 10.0. The molecule has 0 saturated heterocycles. The van der Waals surface area contributed by atoms with Crippen molar-refractivity contribution >= 4 is 11.4 Å². The van der Waals surface area contributed by atoms with Crippen molar-refractivity contribution in [2.75, 3.05) is 17.6 Å². The van der Waals surface area contributed by atoms with Crippen molar-refractivity contribution in [3.63, 3.8) is 0 Å². The van der Waals surface area contributed by atoms with Crippen molar-refractivity contribution < 1.29 is 0 Å². The monoisotopic (exact) mass is 229 g/mol. The molecule has 0 unspecified atom stereocenters. The van der Waals surface area contributed by atoms with Crippen LogP contribution in [0.4, 0.5) is 11.4 Å². The van der Waals surface area contributed by atoms with Gasteiger partial charge in [0.05, 0.1) is 11.3 Å². The lowest BCUT2D eigenvalue weighted by Crippen LogP contribution is -2.07. The second-order valence-corrected chi connectivity index (χ2v) is 4.78. The fourth-order valence-electron chi connectivity index (χ4n) is 2.49. The molecule has 1 fully saturated rings. The predicted molar refractivity (Wildman–Crippen MR) is 70.6 cm³/mol. The lowest BCUT2D eigenvalue weighted by Gasteiger charge is -2.11. The standard InChI is InChI=1S/C14H19N3/c15-10-12-5-6-13(9-14(12)16)17-8-7-11-3-1-2-4-11/h5-6,9,11,17H,1-4,7-8,16H2. The minimum Gasteiger partial charge on any atom is -0.398 e. The number of nitrogens with one attached hydrogen (secondary N) is 1. The summed E-state index contributed by atoms with van der Waals surface area (Å²) in [6.45, 7) is 0.996. The fourth-order valence-corrected chi connectivity index (χ4v) is 2.49. The number of nitriles is 1. The van der Waals surface area contributed by atoms with Crippen molar-refractivity contribution in [3.05, 3.63) is 23.8 Å². The molecule has 0 aliphatic heterocycles. The van der Waals surface area contributed by atoms with Gasteiger partial charge in [0, 0.05) is 12.2 Å². The van der Waals surface area contributed by atoms with Crippen LogP contribution in [0.1, 0.15) is 37.7 Å². The van der Waals surface area contributed by atoms with Gasteiger partial charge >= 0.3 is 0 Å². The molecular formula is C14H19N3. The Bertz CT molecular complexity index is 414. The second kappa shape index (κ2) is 5.58. The van der Waals surface area contributed by atoms with Gasteiger partial charge < -0.3 is 11.1 Å². The Morgan fingerprint density at radius 1 is 1.35 bits per heavy atom. The van der Waals surface area contributed by atoms with E-state index in [1.165, 1.54) is 32.1 Å². The Kier molecular flexibility index (Phi) is 3.87. The largest absolute Gasteiger partial charge is 0.398 e. The van der Waals surface area contributed by atoms with Crippen LogP contribution < -0.4 is 11.1 Å². The maximum absolute atomic E-state index is 8.78. The van der Waals surface area contributed by atoms with E-state index in [2.05, 4.69) is 11.4 Å². The molecule has 1 aliphatic carbocycles. The maximum Gasteiger partial charge on any atom is 0.101 e. The van der Waals surface area contributed by atoms with Crippen molar-refractivity contribution in [1.82, 2.24) is 0 Å². The molecule has 0 spiro atoms. The van der Waals surface area contributed by atoms with Crippen molar-refractivity contribution in [2.24, 2.45) is 5.92 Å². The van der Waals surface area contributed by atoms with Gasteiger partial charge in [-0.25, -0.2) is 0 Å². The molecule has 1 aromatic rings. The van der Waals surface area contributed by atoms with Gasteiger partial charge in [-0.2, -0.15) is 5.26 Å². The van der Waals surface area contributed by atoms with Crippen molar-refractivity contribution in [2.45, 2.75) is 32.1 Å². The molecule has 0 aromatic heterocycles. The summed E-state index contributed by atoms with van der Waals surface area (Å²) in [6, 6.07) is 7.60. The lowest BCUT2D eigenvalue weighted by molar-refractivity contribution is 0.518. The average molecular weight is 229 g/mol. The molecule has 3 N–H and O–H groups in total. The topological polar surface area (TPSA) is 61.8 Å². The van der Waals surface area contributed by atoms with Gasteiger partial charge in [0.2, 0.25) is 0 Å². The van der Waals surface area contributed by atoms with E-state index in [1.807, 2.05) is 12.1 Å². The minimum atomic E-state index is 0.548. The summed E-state index contributed by atoms with van der Waals surface area (Å²) in [5.74, 6) is 0.901. The minimum absolute atomic E-state index is 0.548. The van der Waals surface area contributed by atoms with Crippen LogP contribution in [0.15, 0.2) is 18.2 Å². The third-order valence-electron chi connectivity index (χ3n) is 3.53. The molecule has 17 heavy (non-hydrogen) atoms. The summed E-state index contributed by atoms with van der Waals surface area (Å²) in [6.07, 6.45) is 6.80. The number of nitrogens with zero attached hydrogens (tertiary/aromatic N) is 1. The number of rotatable bonds is 4. The quantitative estimate of drug-likeness (QED) is 0.780. The molecule has 0 amide bonds. The zero-order valence-electron chi connectivity index (χ0n) is 10.1. The molecule has 90 valence electrons. The smallest absolute Gasteiger partial charge is 0.101 e. The molecule has 0 atom stereocenters. The van der Waals surface area contributed by atoms with Gasteiger partial charge in [-0.3, -0.25) is 0 Å². The Labute approximate surface area is 103 Å². The van der Waals surface area contributed by atoms with Crippen LogP contribution in [0.2, 0.25) is 0 Å². The normalized spacial score (nSPS) is 15.7. The third-order valence-corrected chi connectivity index (χ3v) is 3.53. The van der Waals surface area contributed by atoms with E-state index in [4.69, 9.17) is 11.0 Å². The van der Waals surface area contributed by atoms with E-state index < -0.39 is 0 Å². The third kappa shape index (κ3) is 3.13. The zero-order valence-corrected chi connectivity index (χ0v) is 10.1. The Morgan fingerprint density at radius 2 is 2.12 bits per heavy atom. The highest BCUT2D eigenvalue weighted by molar-refractivity contribution is 5.62. The predicted octanol–water partition coefficient (Wildman–Crippen LogP) is 3.13. The van der Waals surface area contributed by atoms with Crippen molar-refractivity contribution in [1.29, 1.82) is 5.26 Å². The van der Waals surface area contributed by atoms with Crippen LogP contribution in [0.25, 0.3) is 0 Å². The summed E-state index contributed by atoms with van der Waals surface area (Å²) in [5.41, 5.74) is 7.88. The summed E-state index contributed by atoms with van der Waals surface area (Å²) in [4.78, 5) is 0. The second-order valence-electron chi connectivity index (χ2n) is 4.78. The first kappa shape index (κ1) is 11.8. The van der Waals surface area contributed by atoms with Crippen molar-refractivity contribution in [3.8, 4) is 6.07 Å². The van der Waals surface area contributed by atoms with Crippen LogP contribution in [0.3, 0.4) is 0 Å². The van der Waals surface area contributed by atoms with Gasteiger partial charge in [0.1, 0.15) is 6.07 Å². The van der Waals surface area contributed by atoms with Gasteiger partial charge in [0.15, 0.2) is 0 Å². The van der Waals surface area contributed by atoms with Crippen LogP contribution in [0, 0.1) is 17.2 Å². The molecular weight excluding hydrogens is 210 g/mol. The molecule has 0 bridgehead atoms. The first-order valence-electron chi connectivity index (χ1n) is 6.33. The number of nitrogens with two attached hydrogens (primary N) is 1. The Morgan fingerprint density at radius 3 is 2.76 bits per heavy atom. The SMILES string of the molecule is N#Cc1ccc(NCCC2CCCC2)cc1N. The van der Waals surface area contributed by atoms with E-state index in [9.17, 15) is 0 Å². The maximum atomic E-state index is 8.78. The molecule has 3 nitrogen and oxygen atoms in total. The highest BCUT2D eigenvalue weighted by atomic mass is 14.9. The van der Waals surface area contributed by atoms with Crippen LogP contribution in [-0.2, 0) is 0 Å². The van der Waals surface area contributed by atoms with E-state index >= 15 is 0 Å². The van der Waals surface area contributed by atoms with E-state index in [0.717, 1.165) is 18.2 Å². The van der Waals surface area contributed by atoms with Gasteiger partial charge in [0.25, 0.3) is 0 Å². The number of hydrogen-bond acceptors (Lipinski definition) is 3. The van der Waals surface area contributed by atoms with Gasteiger partial charge in [-0.1, -0.05) is 25.7 Å². The highest BCUT2D eigenvalue weighted by Crippen LogP contribution is 2.27. The number of hydrogen-bond donors (Lipinski definition) is 2. The number of nitrogen functional groups attached to an aromatic ring is 1. The molecule has 3 heteroatoms. The van der Waals surface area contributed by atoms with Gasteiger partial charge in [-0.15, -0.1) is 0 Å². The molecule has 2 rings (SSSR count). The summed E-state index contributed by atoms with van der Waals surface area (Å²) in [5, 5.41) is 12.2. The van der Waals surface area contributed by atoms with Crippen LogP contribution >= 0.6 is 0 Å². The van der Waals surface area contributed by atoms with E-state index in [0.29, 0.717) is 11.3 Å². The van der Waals surface area contributed by atoms with Gasteiger partial charge in [-0.05, 0) is 30.5 Å². The summed E-state index contributed by atoms with van der Waals surface area (Å²) < 4.78 is 0. The fraction of sp³-hybridized carbons (Fsp3) is 0.500. The molecule has 1 saturated carbocycles. The number of anilines is 2. The summed E-state index contributed by atoms with van der Waals surface area (Å²) >= 11 is 0. The highest BCUT2D eigenvalue weighted by Gasteiger charge is 2.13. The molecule has 1 aromatic carbocycles. The molecule has 0 heterocycles.